The zero-order chi connectivity index (χ0) is 16.0. The third kappa shape index (κ3) is 1.99. The second-order valence-corrected chi connectivity index (χ2v) is 5.42. The summed E-state index contributed by atoms with van der Waals surface area (Å²) in [6.07, 6.45) is 0. The summed E-state index contributed by atoms with van der Waals surface area (Å²) in [5.41, 5.74) is 1.59. The first-order valence-corrected chi connectivity index (χ1v) is 7.25. The van der Waals surface area contributed by atoms with E-state index in [0.717, 1.165) is 15.5 Å². The normalized spacial score (nSPS) is 13.5. The molecule has 0 saturated carbocycles. The van der Waals surface area contributed by atoms with Gasteiger partial charge in [0.1, 0.15) is 11.3 Å². The van der Waals surface area contributed by atoms with Crippen LogP contribution in [0.3, 0.4) is 0 Å². The van der Waals surface area contributed by atoms with Gasteiger partial charge in [-0.05, 0) is 41.1 Å². The molecule has 0 saturated heterocycles. The third-order valence-electron chi connectivity index (χ3n) is 4.11. The maximum Gasteiger partial charge on any atom is 0.272 e. The SMILES string of the molecule is COc1ccc(C2=[N+]([O-])c3cc4ccccc4cc3C2=O)cc1. The lowest BCUT2D eigenvalue weighted by Gasteiger charge is -2.04. The van der Waals surface area contributed by atoms with Crippen LogP contribution >= 0.6 is 0 Å². The predicted molar refractivity (Wildman–Crippen MR) is 88.7 cm³/mol. The van der Waals surface area contributed by atoms with Crippen molar-refractivity contribution in [1.29, 1.82) is 0 Å². The Balaban J connectivity index is 1.89. The number of carbonyl (C=O) groups excluding carboxylic acids is 1. The molecule has 0 N–H and O–H groups in total. The highest BCUT2D eigenvalue weighted by Gasteiger charge is 2.36. The van der Waals surface area contributed by atoms with Crippen molar-refractivity contribution in [3.05, 3.63) is 77.0 Å². The number of ether oxygens (including phenoxy) is 1. The Morgan fingerprint density at radius 1 is 0.957 bits per heavy atom. The fraction of sp³-hybridized carbons (Fsp3) is 0.0526. The summed E-state index contributed by atoms with van der Waals surface area (Å²) in [6.45, 7) is 0. The first-order valence-electron chi connectivity index (χ1n) is 7.25. The quantitative estimate of drug-likeness (QED) is 0.536. The van der Waals surface area contributed by atoms with Crippen LogP contribution in [0.1, 0.15) is 15.9 Å². The topological polar surface area (TPSA) is 52.4 Å². The monoisotopic (exact) mass is 303 g/mol. The van der Waals surface area contributed by atoms with Gasteiger partial charge in [0.2, 0.25) is 5.69 Å². The molecule has 0 fully saturated rings. The Morgan fingerprint density at radius 3 is 2.26 bits per heavy atom. The lowest BCUT2D eigenvalue weighted by Crippen LogP contribution is -2.16. The maximum absolute atomic E-state index is 12.7. The fourth-order valence-corrected chi connectivity index (χ4v) is 2.92. The van der Waals surface area contributed by atoms with E-state index in [-0.39, 0.29) is 11.5 Å². The second kappa shape index (κ2) is 4.95. The van der Waals surface area contributed by atoms with Crippen molar-refractivity contribution in [3.63, 3.8) is 0 Å². The third-order valence-corrected chi connectivity index (χ3v) is 4.11. The van der Waals surface area contributed by atoms with Crippen LogP contribution in [0.5, 0.6) is 5.75 Å². The van der Waals surface area contributed by atoms with Gasteiger partial charge in [0.05, 0.1) is 12.7 Å². The minimum atomic E-state index is -0.245. The maximum atomic E-state index is 12.7. The highest BCUT2D eigenvalue weighted by Crippen LogP contribution is 2.32. The summed E-state index contributed by atoms with van der Waals surface area (Å²) in [7, 11) is 1.57. The number of carbonyl (C=O) groups is 1. The summed E-state index contributed by atoms with van der Waals surface area (Å²) < 4.78 is 5.84. The van der Waals surface area contributed by atoms with Crippen LogP contribution in [0.2, 0.25) is 0 Å². The van der Waals surface area contributed by atoms with Gasteiger partial charge in [-0.15, -0.1) is 0 Å². The van der Waals surface area contributed by atoms with Crippen molar-refractivity contribution in [1.82, 2.24) is 0 Å². The van der Waals surface area contributed by atoms with Gasteiger partial charge >= 0.3 is 0 Å². The Bertz CT molecular complexity index is 972. The van der Waals surface area contributed by atoms with Crippen molar-refractivity contribution in [2.24, 2.45) is 0 Å². The van der Waals surface area contributed by atoms with Crippen LogP contribution in [0.15, 0.2) is 60.7 Å². The highest BCUT2D eigenvalue weighted by atomic mass is 16.5. The van der Waals surface area contributed by atoms with Gasteiger partial charge in [-0.2, -0.15) is 4.74 Å². The molecular formula is C19H13NO3. The number of hydrogen-bond donors (Lipinski definition) is 0. The van der Waals surface area contributed by atoms with Gasteiger partial charge in [0, 0.05) is 6.07 Å². The summed E-state index contributed by atoms with van der Waals surface area (Å²) in [5, 5.41) is 14.5. The van der Waals surface area contributed by atoms with E-state index in [9.17, 15) is 10.0 Å². The van der Waals surface area contributed by atoms with Crippen molar-refractivity contribution in [2.45, 2.75) is 0 Å². The molecule has 0 unspecified atom stereocenters. The van der Waals surface area contributed by atoms with Gasteiger partial charge in [-0.25, -0.2) is 0 Å². The van der Waals surface area contributed by atoms with E-state index in [1.807, 2.05) is 24.3 Å². The van der Waals surface area contributed by atoms with Crippen LogP contribution in [-0.4, -0.2) is 23.3 Å². The van der Waals surface area contributed by atoms with Gasteiger partial charge in [0.15, 0.2) is 0 Å². The van der Waals surface area contributed by atoms with E-state index < -0.39 is 0 Å². The Kier molecular flexibility index (Phi) is 2.91. The van der Waals surface area contributed by atoms with Crippen LogP contribution < -0.4 is 4.74 Å². The molecule has 23 heavy (non-hydrogen) atoms. The minimum Gasteiger partial charge on any atom is -0.618 e. The molecule has 1 heterocycles. The summed E-state index contributed by atoms with van der Waals surface area (Å²) in [4.78, 5) is 12.7. The molecular weight excluding hydrogens is 290 g/mol. The number of fused-ring (bicyclic) bond motifs is 2. The number of Topliss-reactive ketones (excluding diaryl/α,β-unsaturated/α-hetero) is 1. The van der Waals surface area contributed by atoms with Crippen LogP contribution in [0.4, 0.5) is 5.69 Å². The zero-order valence-corrected chi connectivity index (χ0v) is 12.4. The Hall–Kier alpha value is -3.14. The highest BCUT2D eigenvalue weighted by molar-refractivity contribution is 6.52. The number of ketones is 1. The molecule has 0 aliphatic carbocycles. The van der Waals surface area contributed by atoms with E-state index in [1.54, 1.807) is 43.5 Å². The summed E-state index contributed by atoms with van der Waals surface area (Å²) in [5.74, 6) is 0.436. The Morgan fingerprint density at radius 2 is 1.61 bits per heavy atom. The molecule has 0 atom stereocenters. The van der Waals surface area contributed by atoms with E-state index in [1.165, 1.54) is 0 Å². The molecule has 1 aliphatic heterocycles. The lowest BCUT2D eigenvalue weighted by atomic mass is 10.00. The van der Waals surface area contributed by atoms with Crippen LogP contribution in [-0.2, 0) is 0 Å². The number of benzene rings is 3. The molecule has 0 radical (unpaired) electrons. The molecule has 0 spiro atoms. The van der Waals surface area contributed by atoms with E-state index in [2.05, 4.69) is 0 Å². The van der Waals surface area contributed by atoms with E-state index in [4.69, 9.17) is 4.74 Å². The largest absolute Gasteiger partial charge is 0.618 e. The number of nitrogens with zero attached hydrogens (tertiary/aromatic N) is 1. The average Bonchev–Trinajstić information content (AvgIpc) is 2.84. The molecule has 4 heteroatoms. The second-order valence-electron chi connectivity index (χ2n) is 5.42. The van der Waals surface area contributed by atoms with Crippen molar-refractivity contribution >= 4 is 28.0 Å². The van der Waals surface area contributed by atoms with Gasteiger partial charge in [-0.3, -0.25) is 4.79 Å². The molecule has 0 bridgehead atoms. The molecule has 0 aromatic heterocycles. The zero-order valence-electron chi connectivity index (χ0n) is 12.4. The lowest BCUT2D eigenvalue weighted by molar-refractivity contribution is -0.355. The van der Waals surface area contributed by atoms with Crippen LogP contribution in [0, 0.1) is 5.21 Å². The summed E-state index contributed by atoms with van der Waals surface area (Å²) >= 11 is 0. The molecule has 3 aromatic carbocycles. The first kappa shape index (κ1) is 13.5. The molecule has 1 aliphatic rings. The Labute approximate surface area is 132 Å². The van der Waals surface area contributed by atoms with Crippen molar-refractivity contribution < 1.29 is 14.3 Å². The minimum absolute atomic E-state index is 0.151. The molecule has 0 amide bonds. The van der Waals surface area contributed by atoms with Gasteiger partial charge < -0.3 is 9.94 Å². The van der Waals surface area contributed by atoms with Crippen molar-refractivity contribution in [2.75, 3.05) is 7.11 Å². The molecule has 4 rings (SSSR count). The molecule has 4 nitrogen and oxygen atoms in total. The summed E-state index contributed by atoms with van der Waals surface area (Å²) in [6, 6.07) is 18.2. The molecule has 3 aromatic rings. The number of rotatable bonds is 2. The van der Waals surface area contributed by atoms with Gasteiger partial charge in [0.25, 0.3) is 11.5 Å². The van der Waals surface area contributed by atoms with E-state index in [0.29, 0.717) is 22.6 Å². The predicted octanol–water partition coefficient (Wildman–Crippen LogP) is 3.68. The number of hydrogen-bond acceptors (Lipinski definition) is 3. The fourth-order valence-electron chi connectivity index (χ4n) is 2.92. The molecule has 112 valence electrons. The first-order chi connectivity index (χ1) is 11.2. The smallest absolute Gasteiger partial charge is 0.272 e. The number of methoxy groups -OCH3 is 1. The standard InChI is InChI=1S/C19H13NO3/c1-23-15-8-6-12(7-9-15)18-19(21)16-10-13-4-2-3-5-14(13)11-17(16)20(18)22/h2-11H,1H3. The average molecular weight is 303 g/mol. The van der Waals surface area contributed by atoms with E-state index >= 15 is 0 Å². The van der Waals surface area contributed by atoms with Gasteiger partial charge in [-0.1, -0.05) is 24.3 Å². The van der Waals surface area contributed by atoms with Crippen molar-refractivity contribution in [3.8, 4) is 5.75 Å². The van der Waals surface area contributed by atoms with Crippen LogP contribution in [0.25, 0.3) is 10.8 Å².